The van der Waals surface area contributed by atoms with E-state index in [2.05, 4.69) is 16.7 Å². The minimum absolute atomic E-state index is 0.158. The molecule has 4 heteroatoms. The van der Waals surface area contributed by atoms with Gasteiger partial charge in [-0.3, -0.25) is 9.69 Å². The number of nitrogens with zero attached hydrogens (tertiary/aromatic N) is 2. The number of carbonyl (C=O) groups is 1. The van der Waals surface area contributed by atoms with Gasteiger partial charge in [0.05, 0.1) is 6.54 Å². The van der Waals surface area contributed by atoms with Gasteiger partial charge in [-0.25, -0.2) is 4.39 Å². The second kappa shape index (κ2) is 6.84. The standard InChI is InChI=1S/C16H23FN2O/c1-3-13(2)16(20)12-18-8-10-19(11-9-18)15-6-4-14(17)5-7-15/h4-7,13H,3,8-12H2,1-2H3. The summed E-state index contributed by atoms with van der Waals surface area (Å²) in [6.07, 6.45) is 0.911. The van der Waals surface area contributed by atoms with E-state index in [9.17, 15) is 9.18 Å². The molecule has 0 aliphatic carbocycles. The Bertz CT molecular complexity index is 438. The molecule has 0 aromatic heterocycles. The molecule has 1 atom stereocenters. The summed E-state index contributed by atoms with van der Waals surface area (Å²) >= 11 is 0. The molecule has 0 saturated carbocycles. The summed E-state index contributed by atoms with van der Waals surface area (Å²) in [5.74, 6) is 0.291. The van der Waals surface area contributed by atoms with E-state index in [4.69, 9.17) is 0 Å². The Balaban J connectivity index is 1.83. The lowest BCUT2D eigenvalue weighted by atomic mass is 10.0. The molecule has 1 fully saturated rings. The second-order valence-electron chi connectivity index (χ2n) is 5.52. The van der Waals surface area contributed by atoms with E-state index >= 15 is 0 Å². The SMILES string of the molecule is CCC(C)C(=O)CN1CCN(c2ccc(F)cc2)CC1. The normalized spacial score (nSPS) is 18.1. The summed E-state index contributed by atoms with van der Waals surface area (Å²) in [5.41, 5.74) is 1.05. The average molecular weight is 278 g/mol. The zero-order valence-electron chi connectivity index (χ0n) is 12.3. The smallest absolute Gasteiger partial charge is 0.149 e. The minimum atomic E-state index is -0.202. The van der Waals surface area contributed by atoms with Crippen LogP contribution in [-0.4, -0.2) is 43.4 Å². The van der Waals surface area contributed by atoms with Crippen molar-refractivity contribution in [1.82, 2.24) is 4.90 Å². The predicted octanol–water partition coefficient (Wildman–Crippen LogP) is 2.56. The Hall–Kier alpha value is -1.42. The van der Waals surface area contributed by atoms with Crippen molar-refractivity contribution in [2.75, 3.05) is 37.6 Å². The van der Waals surface area contributed by atoms with Gasteiger partial charge in [0, 0.05) is 37.8 Å². The average Bonchev–Trinajstić information content (AvgIpc) is 2.48. The zero-order valence-corrected chi connectivity index (χ0v) is 12.3. The molecule has 0 radical (unpaired) electrons. The number of hydrogen-bond acceptors (Lipinski definition) is 3. The van der Waals surface area contributed by atoms with Gasteiger partial charge in [0.15, 0.2) is 0 Å². The van der Waals surface area contributed by atoms with Crippen LogP contribution in [-0.2, 0) is 4.79 Å². The van der Waals surface area contributed by atoms with Crippen molar-refractivity contribution < 1.29 is 9.18 Å². The van der Waals surface area contributed by atoms with Gasteiger partial charge < -0.3 is 4.90 Å². The maximum Gasteiger partial charge on any atom is 0.149 e. The first-order valence-corrected chi connectivity index (χ1v) is 7.35. The van der Waals surface area contributed by atoms with Crippen molar-refractivity contribution in [2.45, 2.75) is 20.3 Å². The van der Waals surface area contributed by atoms with Gasteiger partial charge >= 0.3 is 0 Å². The highest BCUT2D eigenvalue weighted by atomic mass is 19.1. The molecule has 1 aromatic carbocycles. The quantitative estimate of drug-likeness (QED) is 0.827. The number of ketones is 1. The lowest BCUT2D eigenvalue weighted by Crippen LogP contribution is -2.48. The zero-order chi connectivity index (χ0) is 14.5. The predicted molar refractivity (Wildman–Crippen MR) is 79.5 cm³/mol. The first-order valence-electron chi connectivity index (χ1n) is 7.35. The van der Waals surface area contributed by atoms with Gasteiger partial charge in [0.1, 0.15) is 11.6 Å². The third-order valence-corrected chi connectivity index (χ3v) is 4.11. The molecular formula is C16H23FN2O. The van der Waals surface area contributed by atoms with Crippen molar-refractivity contribution in [3.8, 4) is 0 Å². The molecule has 3 nitrogen and oxygen atoms in total. The number of rotatable bonds is 5. The van der Waals surface area contributed by atoms with Crippen molar-refractivity contribution in [3.63, 3.8) is 0 Å². The first kappa shape index (κ1) is 15.0. The highest BCUT2D eigenvalue weighted by Crippen LogP contribution is 2.17. The Kier molecular flexibility index (Phi) is 5.12. The molecule has 0 amide bonds. The van der Waals surface area contributed by atoms with Crippen LogP contribution in [0.1, 0.15) is 20.3 Å². The van der Waals surface area contributed by atoms with E-state index in [0.717, 1.165) is 38.3 Å². The summed E-state index contributed by atoms with van der Waals surface area (Å²) < 4.78 is 12.9. The van der Waals surface area contributed by atoms with E-state index in [1.54, 1.807) is 0 Å². The third kappa shape index (κ3) is 3.79. The van der Waals surface area contributed by atoms with Crippen LogP contribution < -0.4 is 4.90 Å². The number of hydrogen-bond donors (Lipinski definition) is 0. The molecule has 1 aliphatic rings. The Morgan fingerprint density at radius 2 is 1.80 bits per heavy atom. The van der Waals surface area contributed by atoms with E-state index in [-0.39, 0.29) is 11.7 Å². The van der Waals surface area contributed by atoms with E-state index in [1.807, 2.05) is 19.1 Å². The number of Topliss-reactive ketones (excluding diaryl/α,β-unsaturated/α-hetero) is 1. The summed E-state index contributed by atoms with van der Waals surface area (Å²) in [5, 5.41) is 0. The van der Waals surface area contributed by atoms with Gasteiger partial charge in [0.25, 0.3) is 0 Å². The maximum atomic E-state index is 12.9. The molecular weight excluding hydrogens is 255 g/mol. The van der Waals surface area contributed by atoms with Crippen LogP contribution in [0.4, 0.5) is 10.1 Å². The van der Waals surface area contributed by atoms with E-state index in [1.165, 1.54) is 12.1 Å². The highest BCUT2D eigenvalue weighted by Gasteiger charge is 2.20. The minimum Gasteiger partial charge on any atom is -0.369 e. The van der Waals surface area contributed by atoms with Gasteiger partial charge in [-0.2, -0.15) is 0 Å². The Morgan fingerprint density at radius 1 is 1.20 bits per heavy atom. The number of benzene rings is 1. The molecule has 1 heterocycles. The fraction of sp³-hybridized carbons (Fsp3) is 0.562. The molecule has 1 aliphatic heterocycles. The number of piperazine rings is 1. The summed E-state index contributed by atoms with van der Waals surface area (Å²) in [6.45, 7) is 8.16. The number of anilines is 1. The molecule has 1 unspecified atom stereocenters. The van der Waals surface area contributed by atoms with E-state index < -0.39 is 0 Å². The summed E-state index contributed by atoms with van der Waals surface area (Å²) in [4.78, 5) is 16.4. The van der Waals surface area contributed by atoms with Gasteiger partial charge in [-0.15, -0.1) is 0 Å². The third-order valence-electron chi connectivity index (χ3n) is 4.11. The second-order valence-corrected chi connectivity index (χ2v) is 5.52. The lowest BCUT2D eigenvalue weighted by Gasteiger charge is -2.36. The fourth-order valence-corrected chi connectivity index (χ4v) is 2.42. The van der Waals surface area contributed by atoms with Crippen LogP contribution in [0.2, 0.25) is 0 Å². The summed E-state index contributed by atoms with van der Waals surface area (Å²) in [6, 6.07) is 6.62. The van der Waals surface area contributed by atoms with E-state index in [0.29, 0.717) is 12.3 Å². The molecule has 0 spiro atoms. The molecule has 20 heavy (non-hydrogen) atoms. The Labute approximate surface area is 120 Å². The topological polar surface area (TPSA) is 23.6 Å². The lowest BCUT2D eigenvalue weighted by molar-refractivity contribution is -0.123. The fourth-order valence-electron chi connectivity index (χ4n) is 2.42. The van der Waals surface area contributed by atoms with Gasteiger partial charge in [0.2, 0.25) is 0 Å². The van der Waals surface area contributed by atoms with Crippen molar-refractivity contribution in [1.29, 1.82) is 0 Å². The van der Waals surface area contributed by atoms with Crippen LogP contribution in [0.5, 0.6) is 0 Å². The van der Waals surface area contributed by atoms with Crippen LogP contribution in [0.25, 0.3) is 0 Å². The molecule has 0 bridgehead atoms. The van der Waals surface area contributed by atoms with Crippen LogP contribution in [0.3, 0.4) is 0 Å². The molecule has 1 aromatic rings. The van der Waals surface area contributed by atoms with Crippen LogP contribution >= 0.6 is 0 Å². The first-order chi connectivity index (χ1) is 9.60. The van der Waals surface area contributed by atoms with Crippen molar-refractivity contribution in [3.05, 3.63) is 30.1 Å². The van der Waals surface area contributed by atoms with Crippen LogP contribution in [0.15, 0.2) is 24.3 Å². The summed E-state index contributed by atoms with van der Waals surface area (Å²) in [7, 11) is 0. The van der Waals surface area contributed by atoms with Crippen molar-refractivity contribution >= 4 is 11.5 Å². The van der Waals surface area contributed by atoms with Gasteiger partial charge in [-0.1, -0.05) is 13.8 Å². The molecule has 2 rings (SSSR count). The highest BCUT2D eigenvalue weighted by molar-refractivity contribution is 5.82. The largest absolute Gasteiger partial charge is 0.369 e. The number of halogens is 1. The van der Waals surface area contributed by atoms with Gasteiger partial charge in [-0.05, 0) is 30.7 Å². The Morgan fingerprint density at radius 3 is 2.35 bits per heavy atom. The maximum absolute atomic E-state index is 12.9. The monoisotopic (exact) mass is 278 g/mol. The van der Waals surface area contributed by atoms with Crippen LogP contribution in [0, 0.1) is 11.7 Å². The molecule has 110 valence electrons. The van der Waals surface area contributed by atoms with Crippen molar-refractivity contribution in [2.24, 2.45) is 5.92 Å². The number of carbonyl (C=O) groups excluding carboxylic acids is 1. The molecule has 1 saturated heterocycles. The molecule has 0 N–H and O–H groups in total.